The van der Waals surface area contributed by atoms with Crippen LogP contribution >= 0.6 is 11.8 Å². The first-order valence-corrected chi connectivity index (χ1v) is 8.28. The lowest BCUT2D eigenvalue weighted by Gasteiger charge is -2.09. The van der Waals surface area contributed by atoms with Crippen LogP contribution in [0, 0.1) is 6.92 Å². The van der Waals surface area contributed by atoms with Crippen molar-refractivity contribution in [3.8, 4) is 0 Å². The van der Waals surface area contributed by atoms with Crippen LogP contribution in [0.5, 0.6) is 0 Å². The van der Waals surface area contributed by atoms with Gasteiger partial charge in [-0.15, -0.1) is 0 Å². The molecule has 2 atom stereocenters. The molecule has 2 amide bonds. The van der Waals surface area contributed by atoms with Gasteiger partial charge in [-0.2, -0.15) is 0 Å². The Morgan fingerprint density at radius 2 is 2.18 bits per heavy atom. The zero-order valence-electron chi connectivity index (χ0n) is 13.1. The summed E-state index contributed by atoms with van der Waals surface area (Å²) in [5, 5.41) is 5.80. The Morgan fingerprint density at radius 3 is 2.86 bits per heavy atom. The van der Waals surface area contributed by atoms with Gasteiger partial charge in [-0.05, 0) is 31.9 Å². The van der Waals surface area contributed by atoms with Crippen LogP contribution < -0.4 is 10.6 Å². The molecule has 0 aromatic heterocycles. The summed E-state index contributed by atoms with van der Waals surface area (Å²) >= 11 is 1.33. The van der Waals surface area contributed by atoms with Gasteiger partial charge in [-0.3, -0.25) is 14.6 Å². The second-order valence-corrected chi connectivity index (χ2v) is 6.55. The molecule has 0 saturated carbocycles. The Bertz CT molecular complexity index is 601. The lowest BCUT2D eigenvalue weighted by atomic mass is 10.2. The Hall–Kier alpha value is -1.82. The van der Waals surface area contributed by atoms with Crippen molar-refractivity contribution < 1.29 is 9.59 Å². The van der Waals surface area contributed by atoms with E-state index in [4.69, 9.17) is 0 Å². The van der Waals surface area contributed by atoms with Crippen molar-refractivity contribution in [3.05, 3.63) is 29.8 Å². The maximum Gasteiger partial charge on any atom is 0.240 e. The first kappa shape index (κ1) is 16.5. The molecular weight excluding hydrogens is 298 g/mol. The first-order valence-electron chi connectivity index (χ1n) is 7.40. The topological polar surface area (TPSA) is 70.6 Å². The zero-order valence-corrected chi connectivity index (χ0v) is 13.9. The lowest BCUT2D eigenvalue weighted by molar-refractivity contribution is -0.122. The van der Waals surface area contributed by atoms with Gasteiger partial charge in [-0.25, -0.2) is 0 Å². The number of anilines is 1. The summed E-state index contributed by atoms with van der Waals surface area (Å²) in [6.45, 7) is 5.98. The van der Waals surface area contributed by atoms with E-state index >= 15 is 0 Å². The summed E-state index contributed by atoms with van der Waals surface area (Å²) in [6.07, 6.45) is 1.06. The molecule has 0 bridgehead atoms. The molecule has 22 heavy (non-hydrogen) atoms. The Balaban J connectivity index is 1.94. The summed E-state index contributed by atoms with van der Waals surface area (Å²) < 4.78 is 0. The molecule has 0 aliphatic carbocycles. The molecule has 5 nitrogen and oxygen atoms in total. The molecule has 2 unspecified atom stereocenters. The quantitative estimate of drug-likeness (QED) is 0.876. The Kier molecular flexibility index (Phi) is 5.60. The van der Waals surface area contributed by atoms with Gasteiger partial charge in [0.05, 0.1) is 0 Å². The number of hydrogen-bond acceptors (Lipinski definition) is 4. The highest BCUT2D eigenvalue weighted by Crippen LogP contribution is 2.24. The third-order valence-electron chi connectivity index (χ3n) is 3.49. The number of thioether (sulfide) groups is 1. The number of nitrogens with zero attached hydrogens (tertiary/aromatic N) is 1. The maximum absolute atomic E-state index is 12.1. The van der Waals surface area contributed by atoms with Crippen LogP contribution in [0.15, 0.2) is 29.3 Å². The minimum Gasteiger partial charge on any atom is -0.326 e. The van der Waals surface area contributed by atoms with Gasteiger partial charge in [0.15, 0.2) is 5.17 Å². The van der Waals surface area contributed by atoms with E-state index in [0.717, 1.165) is 17.7 Å². The minimum absolute atomic E-state index is 0.143. The van der Waals surface area contributed by atoms with Gasteiger partial charge in [0.25, 0.3) is 0 Å². The molecule has 0 radical (unpaired) electrons. The largest absolute Gasteiger partial charge is 0.326 e. The number of carbonyl (C=O) groups is 2. The third-order valence-corrected chi connectivity index (χ3v) is 4.59. The fourth-order valence-electron chi connectivity index (χ4n) is 1.97. The van der Waals surface area contributed by atoms with Crippen molar-refractivity contribution in [1.82, 2.24) is 5.32 Å². The maximum atomic E-state index is 12.1. The molecule has 6 heteroatoms. The summed E-state index contributed by atoms with van der Waals surface area (Å²) in [5.74, 6) is -0.307. The molecule has 1 saturated heterocycles. The van der Waals surface area contributed by atoms with Crippen LogP contribution in [0.1, 0.15) is 32.3 Å². The second kappa shape index (κ2) is 7.45. The van der Waals surface area contributed by atoms with Crippen molar-refractivity contribution in [2.24, 2.45) is 4.99 Å². The van der Waals surface area contributed by atoms with E-state index in [1.807, 2.05) is 45.0 Å². The van der Waals surface area contributed by atoms with Crippen molar-refractivity contribution >= 4 is 34.4 Å². The van der Waals surface area contributed by atoms with Crippen molar-refractivity contribution in [1.29, 1.82) is 0 Å². The summed E-state index contributed by atoms with van der Waals surface area (Å²) in [4.78, 5) is 28.4. The predicted octanol–water partition coefficient (Wildman–Crippen LogP) is 2.71. The SMILES string of the molecule is CCC(C)N=C1NC(=O)C(CC(=O)Nc2ccccc2C)S1. The van der Waals surface area contributed by atoms with Gasteiger partial charge in [-0.1, -0.05) is 36.9 Å². The van der Waals surface area contributed by atoms with E-state index < -0.39 is 5.25 Å². The number of benzene rings is 1. The number of amidine groups is 1. The number of nitrogens with one attached hydrogen (secondary N) is 2. The number of carbonyl (C=O) groups excluding carboxylic acids is 2. The van der Waals surface area contributed by atoms with Crippen LogP contribution in [-0.2, 0) is 9.59 Å². The highest BCUT2D eigenvalue weighted by Gasteiger charge is 2.32. The van der Waals surface area contributed by atoms with Gasteiger partial charge in [0, 0.05) is 18.2 Å². The van der Waals surface area contributed by atoms with Crippen LogP contribution in [-0.4, -0.2) is 28.3 Å². The average molecular weight is 319 g/mol. The van der Waals surface area contributed by atoms with Gasteiger partial charge < -0.3 is 10.6 Å². The molecule has 118 valence electrons. The Morgan fingerprint density at radius 1 is 1.45 bits per heavy atom. The molecule has 2 rings (SSSR count). The van der Waals surface area contributed by atoms with Crippen LogP contribution in [0.25, 0.3) is 0 Å². The lowest BCUT2D eigenvalue weighted by Crippen LogP contribution is -2.28. The van der Waals surface area contributed by atoms with E-state index in [-0.39, 0.29) is 24.3 Å². The predicted molar refractivity (Wildman–Crippen MR) is 91.1 cm³/mol. The number of hydrogen-bond donors (Lipinski definition) is 2. The monoisotopic (exact) mass is 319 g/mol. The zero-order chi connectivity index (χ0) is 16.1. The Labute approximate surface area is 135 Å². The van der Waals surface area contributed by atoms with E-state index in [9.17, 15) is 9.59 Å². The van der Waals surface area contributed by atoms with Crippen molar-refractivity contribution in [2.75, 3.05) is 5.32 Å². The fourth-order valence-corrected chi connectivity index (χ4v) is 3.05. The minimum atomic E-state index is -0.410. The number of amides is 2. The highest BCUT2D eigenvalue weighted by molar-refractivity contribution is 8.15. The molecule has 1 heterocycles. The summed E-state index contributed by atoms with van der Waals surface area (Å²) in [5.41, 5.74) is 1.78. The van der Waals surface area contributed by atoms with E-state index in [2.05, 4.69) is 15.6 Å². The van der Waals surface area contributed by atoms with Gasteiger partial charge >= 0.3 is 0 Å². The van der Waals surface area contributed by atoms with Crippen LogP contribution in [0.4, 0.5) is 5.69 Å². The van der Waals surface area contributed by atoms with E-state index in [1.165, 1.54) is 11.8 Å². The van der Waals surface area contributed by atoms with Gasteiger partial charge in [0.2, 0.25) is 11.8 Å². The molecule has 0 spiro atoms. The molecule has 2 N–H and O–H groups in total. The second-order valence-electron chi connectivity index (χ2n) is 5.35. The first-order chi connectivity index (χ1) is 10.5. The molecule has 1 aromatic carbocycles. The molecule has 1 fully saturated rings. The number of para-hydroxylation sites is 1. The molecular formula is C16H21N3O2S. The van der Waals surface area contributed by atoms with Crippen LogP contribution in [0.2, 0.25) is 0 Å². The summed E-state index contributed by atoms with van der Waals surface area (Å²) in [6, 6.07) is 7.75. The van der Waals surface area contributed by atoms with E-state index in [0.29, 0.717) is 5.17 Å². The standard InChI is InChI=1S/C16H21N3O2S/c1-4-11(3)17-16-19-15(21)13(22-16)9-14(20)18-12-8-6-5-7-10(12)2/h5-8,11,13H,4,9H2,1-3H3,(H,18,20)(H,17,19,21). The van der Waals surface area contributed by atoms with E-state index in [1.54, 1.807) is 0 Å². The van der Waals surface area contributed by atoms with Crippen molar-refractivity contribution in [3.63, 3.8) is 0 Å². The molecule has 1 aliphatic rings. The average Bonchev–Trinajstić information content (AvgIpc) is 2.81. The normalized spacial score (nSPS) is 20.8. The van der Waals surface area contributed by atoms with Gasteiger partial charge in [0.1, 0.15) is 5.25 Å². The smallest absolute Gasteiger partial charge is 0.240 e. The number of rotatable bonds is 5. The number of aliphatic imine (C=N–C) groups is 1. The third kappa shape index (κ3) is 4.34. The van der Waals surface area contributed by atoms with Crippen molar-refractivity contribution in [2.45, 2.75) is 44.9 Å². The molecule has 1 aromatic rings. The highest BCUT2D eigenvalue weighted by atomic mass is 32.2. The summed E-state index contributed by atoms with van der Waals surface area (Å²) in [7, 11) is 0. The van der Waals surface area contributed by atoms with Crippen LogP contribution in [0.3, 0.4) is 0 Å². The molecule has 1 aliphatic heterocycles. The fraction of sp³-hybridized carbons (Fsp3) is 0.438. The number of aryl methyl sites for hydroxylation is 1.